The number of aryl methyl sites for hydroxylation is 1. The Morgan fingerprint density at radius 1 is 1.15 bits per heavy atom. The summed E-state index contributed by atoms with van der Waals surface area (Å²) < 4.78 is 30.3. The highest BCUT2D eigenvalue weighted by atomic mass is 32.2. The highest BCUT2D eigenvalue weighted by molar-refractivity contribution is 7.89. The molecule has 142 valence electrons. The molecule has 3 rings (SSSR count). The van der Waals surface area contributed by atoms with Crippen LogP contribution < -0.4 is 9.88 Å². The highest BCUT2D eigenvalue weighted by Crippen LogP contribution is 2.28. The maximum atomic E-state index is 11.7. The summed E-state index contributed by atoms with van der Waals surface area (Å²) in [5.41, 5.74) is 3.54. The molecule has 27 heavy (non-hydrogen) atoms. The third-order valence-electron chi connectivity index (χ3n) is 4.27. The molecule has 3 N–H and O–H groups in total. The molecule has 0 aliphatic heterocycles. The minimum Gasteiger partial charge on any atom is -0.497 e. The van der Waals surface area contributed by atoms with Crippen LogP contribution in [0.4, 0.5) is 0 Å². The Bertz CT molecular complexity index is 1060. The zero-order chi connectivity index (χ0) is 19.6. The number of aliphatic hydroxyl groups excluding tert-OH is 1. The van der Waals surface area contributed by atoms with E-state index in [1.807, 2.05) is 37.3 Å². The fraction of sp³-hybridized carbons (Fsp3) is 0.211. The van der Waals surface area contributed by atoms with Crippen LogP contribution in [-0.2, 0) is 23.1 Å². The quantitative estimate of drug-likeness (QED) is 0.674. The maximum absolute atomic E-state index is 11.7. The van der Waals surface area contributed by atoms with E-state index in [0.29, 0.717) is 5.69 Å². The number of methoxy groups -OCH3 is 1. The van der Waals surface area contributed by atoms with E-state index in [9.17, 15) is 13.5 Å². The topological polar surface area (TPSA) is 107 Å². The summed E-state index contributed by atoms with van der Waals surface area (Å²) in [5.74, 6) is 0.751. The first kappa shape index (κ1) is 19.1. The van der Waals surface area contributed by atoms with Gasteiger partial charge >= 0.3 is 0 Å². The number of nitrogens with two attached hydrogens (primary N) is 1. The number of aromatic nitrogens is 2. The van der Waals surface area contributed by atoms with Gasteiger partial charge in [0.1, 0.15) is 5.75 Å². The Balaban J connectivity index is 2.15. The van der Waals surface area contributed by atoms with E-state index >= 15 is 0 Å². The van der Waals surface area contributed by atoms with E-state index in [4.69, 9.17) is 9.88 Å². The molecule has 0 bridgehead atoms. The lowest BCUT2D eigenvalue weighted by Gasteiger charge is -2.12. The van der Waals surface area contributed by atoms with Gasteiger partial charge in [0.2, 0.25) is 10.0 Å². The van der Waals surface area contributed by atoms with Gasteiger partial charge in [-0.2, -0.15) is 5.10 Å². The molecule has 0 fully saturated rings. The molecule has 7 nitrogen and oxygen atoms in total. The first-order valence-corrected chi connectivity index (χ1v) is 9.92. The second kappa shape index (κ2) is 7.51. The summed E-state index contributed by atoms with van der Waals surface area (Å²) in [7, 11) is -2.31. The first-order valence-electron chi connectivity index (χ1n) is 8.37. The van der Waals surface area contributed by atoms with Gasteiger partial charge in [-0.25, -0.2) is 18.2 Å². The Morgan fingerprint density at radius 2 is 1.85 bits per heavy atom. The van der Waals surface area contributed by atoms with E-state index in [2.05, 4.69) is 5.10 Å². The van der Waals surface area contributed by atoms with Crippen LogP contribution in [0.1, 0.15) is 18.2 Å². The van der Waals surface area contributed by atoms with Crippen molar-refractivity contribution >= 4 is 10.0 Å². The van der Waals surface area contributed by atoms with Gasteiger partial charge in [0.05, 0.1) is 35.7 Å². The second-order valence-electron chi connectivity index (χ2n) is 6.01. The molecule has 0 atom stereocenters. The van der Waals surface area contributed by atoms with Crippen molar-refractivity contribution in [3.63, 3.8) is 0 Å². The molecule has 0 aliphatic carbocycles. The molecule has 0 unspecified atom stereocenters. The van der Waals surface area contributed by atoms with Gasteiger partial charge in [0, 0.05) is 5.56 Å². The number of ether oxygens (including phenoxy) is 1. The molecule has 8 heteroatoms. The van der Waals surface area contributed by atoms with Crippen molar-refractivity contribution in [3.05, 3.63) is 59.8 Å². The number of sulfonamides is 1. The van der Waals surface area contributed by atoms with Gasteiger partial charge in [-0.3, -0.25) is 0 Å². The van der Waals surface area contributed by atoms with Gasteiger partial charge in [0.25, 0.3) is 0 Å². The molecule has 1 heterocycles. The fourth-order valence-electron chi connectivity index (χ4n) is 2.87. The lowest BCUT2D eigenvalue weighted by atomic mass is 10.1. The first-order chi connectivity index (χ1) is 12.9. The van der Waals surface area contributed by atoms with Crippen LogP contribution in [0.5, 0.6) is 5.75 Å². The standard InChI is InChI=1S/C19H21N3O4S/c1-3-15-11-18(13-4-7-17(26-2)8-5-13)22(21-15)16-6-9-19(27(20,24)25)14(10-16)12-23/h4-11,23H,3,12H2,1-2H3,(H2,20,24,25). The van der Waals surface area contributed by atoms with E-state index in [1.54, 1.807) is 23.9 Å². The zero-order valence-electron chi connectivity index (χ0n) is 15.1. The zero-order valence-corrected chi connectivity index (χ0v) is 15.9. The summed E-state index contributed by atoms with van der Waals surface area (Å²) in [5, 5.41) is 19.4. The monoisotopic (exact) mass is 387 g/mol. The predicted molar refractivity (Wildman–Crippen MR) is 102 cm³/mol. The fourth-order valence-corrected chi connectivity index (χ4v) is 3.61. The molecule has 0 aliphatic rings. The lowest BCUT2D eigenvalue weighted by Crippen LogP contribution is -2.15. The van der Waals surface area contributed by atoms with E-state index in [-0.39, 0.29) is 10.5 Å². The van der Waals surface area contributed by atoms with Crippen molar-refractivity contribution < 1.29 is 18.3 Å². The predicted octanol–water partition coefficient (Wildman–Crippen LogP) is 2.25. The molecule has 1 aromatic heterocycles. The summed E-state index contributed by atoms with van der Waals surface area (Å²) in [4.78, 5) is -0.0948. The summed E-state index contributed by atoms with van der Waals surface area (Å²) in [6.45, 7) is 1.56. The summed E-state index contributed by atoms with van der Waals surface area (Å²) >= 11 is 0. The molecule has 0 spiro atoms. The molecule has 0 saturated carbocycles. The van der Waals surface area contributed by atoms with Gasteiger partial charge in [-0.1, -0.05) is 6.92 Å². The minimum absolute atomic E-state index is 0.0948. The molecule has 0 radical (unpaired) electrons. The van der Waals surface area contributed by atoms with Crippen LogP contribution in [-0.4, -0.2) is 30.4 Å². The average Bonchev–Trinajstić information content (AvgIpc) is 3.11. The van der Waals surface area contributed by atoms with Crippen molar-refractivity contribution in [3.8, 4) is 22.7 Å². The van der Waals surface area contributed by atoms with Gasteiger partial charge < -0.3 is 9.84 Å². The number of hydrogen-bond donors (Lipinski definition) is 2. The molecular weight excluding hydrogens is 366 g/mol. The molecule has 0 saturated heterocycles. The van der Waals surface area contributed by atoms with Crippen LogP contribution >= 0.6 is 0 Å². The number of nitrogens with zero attached hydrogens (tertiary/aromatic N) is 2. The Hall–Kier alpha value is -2.68. The minimum atomic E-state index is -3.92. The van der Waals surface area contributed by atoms with Crippen LogP contribution in [0.3, 0.4) is 0 Å². The van der Waals surface area contributed by atoms with Gasteiger partial charge in [0.15, 0.2) is 0 Å². The number of primary sulfonamides is 1. The van der Waals surface area contributed by atoms with Crippen molar-refractivity contribution in [1.82, 2.24) is 9.78 Å². The molecular formula is C19H21N3O4S. The van der Waals surface area contributed by atoms with Crippen molar-refractivity contribution in [2.75, 3.05) is 7.11 Å². The third kappa shape index (κ3) is 3.87. The van der Waals surface area contributed by atoms with E-state index in [1.165, 1.54) is 6.07 Å². The summed E-state index contributed by atoms with van der Waals surface area (Å²) in [6.07, 6.45) is 0.748. The molecule has 2 aromatic carbocycles. The number of hydrogen-bond acceptors (Lipinski definition) is 5. The molecule has 0 amide bonds. The number of rotatable bonds is 6. The SMILES string of the molecule is CCc1cc(-c2ccc(OC)cc2)n(-c2ccc(S(N)(=O)=O)c(CO)c2)n1. The third-order valence-corrected chi connectivity index (χ3v) is 5.28. The number of aliphatic hydroxyl groups is 1. The van der Waals surface area contributed by atoms with Gasteiger partial charge in [-0.15, -0.1) is 0 Å². The van der Waals surface area contributed by atoms with E-state index in [0.717, 1.165) is 29.1 Å². The number of benzene rings is 2. The smallest absolute Gasteiger partial charge is 0.238 e. The van der Waals surface area contributed by atoms with Crippen LogP contribution in [0.15, 0.2) is 53.4 Å². The largest absolute Gasteiger partial charge is 0.497 e. The lowest BCUT2D eigenvalue weighted by molar-refractivity contribution is 0.278. The van der Waals surface area contributed by atoms with Crippen molar-refractivity contribution in [1.29, 1.82) is 0 Å². The Labute approximate surface area is 158 Å². The molecule has 3 aromatic rings. The highest BCUT2D eigenvalue weighted by Gasteiger charge is 2.17. The van der Waals surface area contributed by atoms with Crippen molar-refractivity contribution in [2.24, 2.45) is 5.14 Å². The van der Waals surface area contributed by atoms with Crippen LogP contribution in [0.25, 0.3) is 16.9 Å². The summed E-state index contributed by atoms with van der Waals surface area (Å²) in [6, 6.07) is 14.2. The normalized spacial score (nSPS) is 11.6. The van der Waals surface area contributed by atoms with E-state index < -0.39 is 16.6 Å². The Kier molecular flexibility index (Phi) is 5.31. The van der Waals surface area contributed by atoms with Crippen LogP contribution in [0, 0.1) is 0 Å². The average molecular weight is 387 g/mol. The second-order valence-corrected chi connectivity index (χ2v) is 7.54. The van der Waals surface area contributed by atoms with Crippen LogP contribution in [0.2, 0.25) is 0 Å². The Morgan fingerprint density at radius 3 is 2.41 bits per heavy atom. The maximum Gasteiger partial charge on any atom is 0.238 e. The van der Waals surface area contributed by atoms with Gasteiger partial charge in [-0.05, 0) is 60.5 Å². The van der Waals surface area contributed by atoms with Crippen molar-refractivity contribution in [2.45, 2.75) is 24.8 Å².